The number of rotatable bonds is 4. The predicted octanol–water partition coefficient (Wildman–Crippen LogP) is 3.22. The third-order valence-electron chi connectivity index (χ3n) is 3.20. The van der Waals surface area contributed by atoms with Crippen LogP contribution < -0.4 is 9.47 Å². The molecule has 0 spiro atoms. The minimum atomic E-state index is 0.572. The molecule has 0 N–H and O–H groups in total. The molecule has 0 aliphatic carbocycles. The van der Waals surface area contributed by atoms with Gasteiger partial charge in [-0.25, -0.2) is 9.97 Å². The van der Waals surface area contributed by atoms with Gasteiger partial charge >= 0.3 is 0 Å². The number of hydrogen-bond acceptors (Lipinski definition) is 5. The van der Waals surface area contributed by atoms with Gasteiger partial charge in [0, 0.05) is 35.7 Å². The van der Waals surface area contributed by atoms with Gasteiger partial charge in [-0.2, -0.15) is 0 Å². The number of nitrogens with zero attached hydrogens (tertiary/aromatic N) is 3. The van der Waals surface area contributed by atoms with Crippen LogP contribution in [0.3, 0.4) is 0 Å². The van der Waals surface area contributed by atoms with Crippen LogP contribution in [0.5, 0.6) is 11.8 Å². The Hall–Kier alpha value is -2.95. The fraction of sp³-hybridized carbons (Fsp3) is 0.118. The SMILES string of the molecule is COc1cccc(-c2cncc(-c3cccc(OC)n3)c2)n1. The van der Waals surface area contributed by atoms with Gasteiger partial charge in [0.15, 0.2) is 0 Å². The number of methoxy groups -OCH3 is 2. The zero-order valence-corrected chi connectivity index (χ0v) is 12.4. The molecule has 0 unspecified atom stereocenters. The van der Waals surface area contributed by atoms with Crippen LogP contribution in [0, 0.1) is 0 Å². The first-order valence-corrected chi connectivity index (χ1v) is 6.78. The van der Waals surface area contributed by atoms with Gasteiger partial charge in [-0.1, -0.05) is 12.1 Å². The van der Waals surface area contributed by atoms with Crippen molar-refractivity contribution in [2.75, 3.05) is 14.2 Å². The second kappa shape index (κ2) is 6.22. The molecule has 0 atom stereocenters. The van der Waals surface area contributed by atoms with E-state index in [0.29, 0.717) is 11.8 Å². The van der Waals surface area contributed by atoms with E-state index in [1.165, 1.54) is 0 Å². The number of aromatic nitrogens is 3. The molecule has 3 aromatic heterocycles. The van der Waals surface area contributed by atoms with Gasteiger partial charge in [-0.05, 0) is 18.2 Å². The van der Waals surface area contributed by atoms with E-state index in [9.17, 15) is 0 Å². The molecule has 0 aliphatic heterocycles. The van der Waals surface area contributed by atoms with E-state index in [4.69, 9.17) is 9.47 Å². The summed E-state index contributed by atoms with van der Waals surface area (Å²) < 4.78 is 10.3. The molecule has 3 heterocycles. The summed E-state index contributed by atoms with van der Waals surface area (Å²) in [5, 5.41) is 0. The highest BCUT2D eigenvalue weighted by molar-refractivity contribution is 5.68. The maximum atomic E-state index is 5.16. The van der Waals surface area contributed by atoms with Crippen molar-refractivity contribution in [1.29, 1.82) is 0 Å². The van der Waals surface area contributed by atoms with Crippen molar-refractivity contribution < 1.29 is 9.47 Å². The Kier molecular flexibility index (Phi) is 3.96. The van der Waals surface area contributed by atoms with E-state index < -0.39 is 0 Å². The Labute approximate surface area is 128 Å². The highest BCUT2D eigenvalue weighted by Gasteiger charge is 2.06. The Morgan fingerprint density at radius 1 is 0.727 bits per heavy atom. The van der Waals surface area contributed by atoms with Gasteiger partial charge in [0.05, 0.1) is 25.6 Å². The van der Waals surface area contributed by atoms with Crippen LogP contribution in [0.2, 0.25) is 0 Å². The van der Waals surface area contributed by atoms with Gasteiger partial charge in [0.2, 0.25) is 11.8 Å². The van der Waals surface area contributed by atoms with Crippen molar-refractivity contribution in [3.8, 4) is 34.3 Å². The van der Waals surface area contributed by atoms with Crippen molar-refractivity contribution >= 4 is 0 Å². The Morgan fingerprint density at radius 3 is 1.68 bits per heavy atom. The molecular weight excluding hydrogens is 278 g/mol. The molecule has 3 aromatic rings. The maximum Gasteiger partial charge on any atom is 0.213 e. The first-order valence-electron chi connectivity index (χ1n) is 6.78. The fourth-order valence-electron chi connectivity index (χ4n) is 2.10. The molecule has 22 heavy (non-hydrogen) atoms. The van der Waals surface area contributed by atoms with Crippen LogP contribution in [0.15, 0.2) is 54.9 Å². The van der Waals surface area contributed by atoms with Gasteiger partial charge in [-0.3, -0.25) is 4.98 Å². The number of pyridine rings is 3. The Balaban J connectivity index is 2.01. The van der Waals surface area contributed by atoms with Crippen molar-refractivity contribution in [3.05, 3.63) is 54.9 Å². The molecule has 0 amide bonds. The van der Waals surface area contributed by atoms with Crippen LogP contribution >= 0.6 is 0 Å². The van der Waals surface area contributed by atoms with Crippen LogP contribution in [-0.4, -0.2) is 29.2 Å². The average molecular weight is 293 g/mol. The minimum absolute atomic E-state index is 0.572. The largest absolute Gasteiger partial charge is 0.481 e. The van der Waals surface area contributed by atoms with Crippen LogP contribution in [0.4, 0.5) is 0 Å². The Bertz CT molecular complexity index is 727. The topological polar surface area (TPSA) is 57.1 Å². The molecule has 0 saturated carbocycles. The summed E-state index contributed by atoms with van der Waals surface area (Å²) in [7, 11) is 3.20. The van der Waals surface area contributed by atoms with Crippen molar-refractivity contribution in [2.24, 2.45) is 0 Å². The highest BCUT2D eigenvalue weighted by atomic mass is 16.5. The quantitative estimate of drug-likeness (QED) is 0.739. The summed E-state index contributed by atoms with van der Waals surface area (Å²) in [5.74, 6) is 1.14. The van der Waals surface area contributed by atoms with Gasteiger partial charge < -0.3 is 9.47 Å². The number of ether oxygens (including phenoxy) is 2. The summed E-state index contributed by atoms with van der Waals surface area (Å²) in [6.45, 7) is 0. The lowest BCUT2D eigenvalue weighted by atomic mass is 10.1. The molecule has 0 aromatic carbocycles. The zero-order chi connectivity index (χ0) is 15.4. The monoisotopic (exact) mass is 293 g/mol. The van der Waals surface area contributed by atoms with Crippen LogP contribution in [0.1, 0.15) is 0 Å². The summed E-state index contributed by atoms with van der Waals surface area (Å²) in [6.07, 6.45) is 3.54. The second-order valence-corrected chi connectivity index (χ2v) is 4.59. The van der Waals surface area contributed by atoms with E-state index in [0.717, 1.165) is 22.5 Å². The first-order chi connectivity index (χ1) is 10.8. The average Bonchev–Trinajstić information content (AvgIpc) is 2.62. The lowest BCUT2D eigenvalue weighted by molar-refractivity contribution is 0.398. The van der Waals surface area contributed by atoms with Gasteiger partial charge in [0.1, 0.15) is 0 Å². The van der Waals surface area contributed by atoms with Crippen LogP contribution in [-0.2, 0) is 0 Å². The molecule has 0 bridgehead atoms. The zero-order valence-electron chi connectivity index (χ0n) is 12.4. The molecule has 3 rings (SSSR count). The predicted molar refractivity (Wildman–Crippen MR) is 83.8 cm³/mol. The molecule has 110 valence electrons. The molecule has 0 fully saturated rings. The third kappa shape index (κ3) is 2.88. The maximum absolute atomic E-state index is 5.16. The summed E-state index contributed by atoms with van der Waals surface area (Å²) in [5.41, 5.74) is 3.41. The smallest absolute Gasteiger partial charge is 0.213 e. The van der Waals surface area contributed by atoms with Gasteiger partial charge in [0.25, 0.3) is 0 Å². The van der Waals surface area contributed by atoms with E-state index in [1.807, 2.05) is 42.5 Å². The Morgan fingerprint density at radius 2 is 1.23 bits per heavy atom. The third-order valence-corrected chi connectivity index (χ3v) is 3.20. The first kappa shape index (κ1) is 14.0. The normalized spacial score (nSPS) is 10.3. The van der Waals surface area contributed by atoms with Crippen LogP contribution in [0.25, 0.3) is 22.5 Å². The van der Waals surface area contributed by atoms with E-state index in [-0.39, 0.29) is 0 Å². The van der Waals surface area contributed by atoms with Crippen molar-refractivity contribution in [1.82, 2.24) is 15.0 Å². The summed E-state index contributed by atoms with van der Waals surface area (Å²) in [6, 6.07) is 13.3. The van der Waals surface area contributed by atoms with E-state index in [1.54, 1.807) is 26.6 Å². The molecule has 0 aliphatic rings. The molecule has 0 radical (unpaired) electrons. The fourth-order valence-corrected chi connectivity index (χ4v) is 2.10. The van der Waals surface area contributed by atoms with E-state index in [2.05, 4.69) is 15.0 Å². The van der Waals surface area contributed by atoms with E-state index >= 15 is 0 Å². The lowest BCUT2D eigenvalue weighted by Gasteiger charge is -2.06. The van der Waals surface area contributed by atoms with Gasteiger partial charge in [-0.15, -0.1) is 0 Å². The van der Waals surface area contributed by atoms with Crippen molar-refractivity contribution in [3.63, 3.8) is 0 Å². The van der Waals surface area contributed by atoms with Crippen molar-refractivity contribution in [2.45, 2.75) is 0 Å². The lowest BCUT2D eigenvalue weighted by Crippen LogP contribution is -1.92. The summed E-state index contributed by atoms with van der Waals surface area (Å²) >= 11 is 0. The summed E-state index contributed by atoms with van der Waals surface area (Å²) in [4.78, 5) is 13.1. The molecule has 5 heteroatoms. The second-order valence-electron chi connectivity index (χ2n) is 4.59. The standard InChI is InChI=1S/C17H15N3O2/c1-21-16-7-3-5-14(19-16)12-9-13(11-18-10-12)15-6-4-8-17(20-15)22-2/h3-11H,1-2H3. The number of hydrogen-bond donors (Lipinski definition) is 0. The highest BCUT2D eigenvalue weighted by Crippen LogP contribution is 2.25. The molecule has 0 saturated heterocycles. The minimum Gasteiger partial charge on any atom is -0.481 e. The molecular formula is C17H15N3O2. The molecule has 5 nitrogen and oxygen atoms in total.